The zero-order chi connectivity index (χ0) is 17.1. The second-order valence-corrected chi connectivity index (χ2v) is 8.22. The summed E-state index contributed by atoms with van der Waals surface area (Å²) in [7, 11) is 0. The second kappa shape index (κ2) is 5.09. The highest BCUT2D eigenvalue weighted by Gasteiger charge is 2.60. The van der Waals surface area contributed by atoms with Crippen LogP contribution in [0, 0.1) is 16.7 Å². The Hall–Kier alpha value is -1.81. The summed E-state index contributed by atoms with van der Waals surface area (Å²) in [5, 5.41) is 5.90. The number of hydrazone groups is 1. The SMILES string of the molecule is CC1(C)[C@@H]2CC[C@]1(C)/C(=N/NC(=O)c1cc3cc(Cl)ccc3o1)C2. The zero-order valence-electron chi connectivity index (χ0n) is 14.1. The van der Waals surface area contributed by atoms with Crippen LogP contribution in [0.5, 0.6) is 0 Å². The van der Waals surface area contributed by atoms with E-state index >= 15 is 0 Å². The smallest absolute Gasteiger partial charge is 0.307 e. The van der Waals surface area contributed by atoms with Crippen molar-refractivity contribution in [3.8, 4) is 0 Å². The van der Waals surface area contributed by atoms with Gasteiger partial charge in [-0.1, -0.05) is 32.4 Å². The summed E-state index contributed by atoms with van der Waals surface area (Å²) in [5.74, 6) is 0.592. The lowest BCUT2D eigenvalue weighted by Crippen LogP contribution is -2.34. The zero-order valence-corrected chi connectivity index (χ0v) is 14.9. The number of nitrogens with zero attached hydrogens (tertiary/aromatic N) is 1. The van der Waals surface area contributed by atoms with Gasteiger partial charge in [-0.15, -0.1) is 0 Å². The van der Waals surface area contributed by atoms with Crippen LogP contribution in [-0.4, -0.2) is 11.6 Å². The Morgan fingerprint density at radius 2 is 2.12 bits per heavy atom. The molecule has 1 aromatic heterocycles. The summed E-state index contributed by atoms with van der Waals surface area (Å²) in [6.45, 7) is 6.91. The molecule has 1 amide bonds. The molecule has 0 spiro atoms. The highest BCUT2D eigenvalue weighted by Crippen LogP contribution is 2.63. The molecule has 126 valence electrons. The molecule has 2 bridgehead atoms. The number of benzene rings is 1. The number of furan rings is 1. The Labute approximate surface area is 146 Å². The van der Waals surface area contributed by atoms with Crippen LogP contribution >= 0.6 is 11.6 Å². The van der Waals surface area contributed by atoms with Crippen LogP contribution in [0.2, 0.25) is 5.02 Å². The summed E-state index contributed by atoms with van der Waals surface area (Å²) in [6, 6.07) is 6.99. The average molecular weight is 345 g/mol. The molecule has 5 heteroatoms. The van der Waals surface area contributed by atoms with Crippen LogP contribution in [0.25, 0.3) is 11.0 Å². The first kappa shape index (κ1) is 15.7. The third kappa shape index (κ3) is 2.12. The van der Waals surface area contributed by atoms with Gasteiger partial charge in [-0.2, -0.15) is 5.10 Å². The van der Waals surface area contributed by atoms with Gasteiger partial charge in [0.25, 0.3) is 0 Å². The summed E-state index contributed by atoms with van der Waals surface area (Å²) < 4.78 is 5.59. The van der Waals surface area contributed by atoms with Crippen LogP contribution in [0.3, 0.4) is 0 Å². The van der Waals surface area contributed by atoms with Gasteiger partial charge in [0.05, 0.1) is 0 Å². The molecule has 1 N–H and O–H groups in total. The third-order valence-corrected chi connectivity index (χ3v) is 6.74. The van der Waals surface area contributed by atoms with Crippen LogP contribution in [0.4, 0.5) is 0 Å². The van der Waals surface area contributed by atoms with Gasteiger partial charge in [0.1, 0.15) is 5.58 Å². The van der Waals surface area contributed by atoms with Crippen molar-refractivity contribution in [3.05, 3.63) is 35.0 Å². The van der Waals surface area contributed by atoms with E-state index in [0.717, 1.165) is 23.9 Å². The Kier molecular flexibility index (Phi) is 3.33. The molecule has 2 aliphatic carbocycles. The molecule has 0 saturated heterocycles. The number of hydrogen-bond donors (Lipinski definition) is 1. The molecule has 1 aromatic carbocycles. The van der Waals surface area contributed by atoms with Gasteiger partial charge in [-0.05, 0) is 54.9 Å². The monoisotopic (exact) mass is 344 g/mol. The lowest BCUT2D eigenvalue weighted by Gasteiger charge is -2.34. The van der Waals surface area contributed by atoms with E-state index in [1.54, 1.807) is 24.3 Å². The van der Waals surface area contributed by atoms with E-state index in [9.17, 15) is 4.79 Å². The topological polar surface area (TPSA) is 54.6 Å². The number of fused-ring (bicyclic) bond motifs is 3. The lowest BCUT2D eigenvalue weighted by molar-refractivity contribution is 0.0928. The number of rotatable bonds is 2. The van der Waals surface area contributed by atoms with Crippen molar-refractivity contribution >= 4 is 34.2 Å². The quantitative estimate of drug-likeness (QED) is 0.778. The minimum Gasteiger partial charge on any atom is -0.451 e. The third-order valence-electron chi connectivity index (χ3n) is 6.51. The van der Waals surface area contributed by atoms with E-state index in [-0.39, 0.29) is 22.5 Å². The lowest BCUT2D eigenvalue weighted by atomic mass is 9.70. The molecule has 0 aliphatic heterocycles. The molecule has 0 radical (unpaired) electrons. The average Bonchev–Trinajstić information content (AvgIpc) is 3.10. The molecule has 2 atom stereocenters. The Bertz CT molecular complexity index is 867. The molecule has 4 nitrogen and oxygen atoms in total. The second-order valence-electron chi connectivity index (χ2n) is 7.79. The van der Waals surface area contributed by atoms with Crippen LogP contribution in [-0.2, 0) is 0 Å². The predicted octanol–water partition coefficient (Wildman–Crippen LogP) is 5.02. The van der Waals surface area contributed by atoms with Crippen molar-refractivity contribution in [2.45, 2.75) is 40.0 Å². The first-order valence-electron chi connectivity index (χ1n) is 8.38. The van der Waals surface area contributed by atoms with Gasteiger partial charge in [0.15, 0.2) is 5.76 Å². The summed E-state index contributed by atoms with van der Waals surface area (Å²) in [5.41, 5.74) is 4.76. The van der Waals surface area contributed by atoms with Gasteiger partial charge in [-0.3, -0.25) is 4.79 Å². The summed E-state index contributed by atoms with van der Waals surface area (Å²) in [4.78, 5) is 12.4. The predicted molar refractivity (Wildman–Crippen MR) is 95.4 cm³/mol. The van der Waals surface area contributed by atoms with Crippen molar-refractivity contribution in [2.24, 2.45) is 21.8 Å². The van der Waals surface area contributed by atoms with Crippen LogP contribution in [0.1, 0.15) is 50.6 Å². The molecule has 2 aromatic rings. The Balaban J connectivity index is 1.56. The number of nitrogens with one attached hydrogen (secondary N) is 1. The number of amides is 1. The fraction of sp³-hybridized carbons (Fsp3) is 0.474. The maximum atomic E-state index is 12.4. The number of carbonyl (C=O) groups is 1. The highest BCUT2D eigenvalue weighted by atomic mass is 35.5. The molecule has 2 saturated carbocycles. The standard InChI is InChI=1S/C19H21ClN2O2/c1-18(2)12-6-7-19(18,3)16(10-12)21-22-17(23)15-9-11-8-13(20)4-5-14(11)24-15/h4-5,8-9,12H,6-7,10H2,1-3H3,(H,22,23)/b21-16+/t12-,19-/m1/s1. The van der Waals surface area contributed by atoms with Gasteiger partial charge in [0, 0.05) is 21.5 Å². The number of halogens is 1. The first-order valence-corrected chi connectivity index (χ1v) is 8.75. The van der Waals surface area contributed by atoms with Crippen LogP contribution in [0.15, 0.2) is 33.8 Å². The summed E-state index contributed by atoms with van der Waals surface area (Å²) >= 11 is 5.97. The van der Waals surface area contributed by atoms with Crippen LogP contribution < -0.4 is 5.43 Å². The molecular formula is C19H21ClN2O2. The largest absolute Gasteiger partial charge is 0.451 e. The number of hydrogen-bond acceptors (Lipinski definition) is 3. The molecule has 4 rings (SSSR count). The highest BCUT2D eigenvalue weighted by molar-refractivity contribution is 6.31. The molecule has 2 aliphatic rings. The van der Waals surface area contributed by atoms with Gasteiger partial charge < -0.3 is 4.42 Å². The normalized spacial score (nSPS) is 29.5. The fourth-order valence-corrected chi connectivity index (χ4v) is 4.58. The maximum absolute atomic E-state index is 12.4. The van der Waals surface area contributed by atoms with Crippen molar-refractivity contribution < 1.29 is 9.21 Å². The number of carbonyl (C=O) groups excluding carboxylic acids is 1. The van der Waals surface area contributed by atoms with Gasteiger partial charge in [-0.25, -0.2) is 5.43 Å². The Morgan fingerprint density at radius 1 is 1.33 bits per heavy atom. The summed E-state index contributed by atoms with van der Waals surface area (Å²) in [6.07, 6.45) is 3.36. The molecule has 1 heterocycles. The molecule has 24 heavy (non-hydrogen) atoms. The van der Waals surface area contributed by atoms with E-state index in [4.69, 9.17) is 16.0 Å². The first-order chi connectivity index (χ1) is 11.3. The van der Waals surface area contributed by atoms with E-state index in [0.29, 0.717) is 16.5 Å². The van der Waals surface area contributed by atoms with E-state index in [1.165, 1.54) is 6.42 Å². The van der Waals surface area contributed by atoms with E-state index in [2.05, 4.69) is 31.3 Å². The van der Waals surface area contributed by atoms with Crippen molar-refractivity contribution in [1.82, 2.24) is 5.43 Å². The molecule has 0 unspecified atom stereocenters. The van der Waals surface area contributed by atoms with E-state index in [1.807, 2.05) is 0 Å². The van der Waals surface area contributed by atoms with Crippen molar-refractivity contribution in [1.29, 1.82) is 0 Å². The minimum absolute atomic E-state index is 0.0757. The molecule has 2 fully saturated rings. The van der Waals surface area contributed by atoms with Gasteiger partial charge >= 0.3 is 5.91 Å². The van der Waals surface area contributed by atoms with E-state index < -0.39 is 0 Å². The van der Waals surface area contributed by atoms with Crippen molar-refractivity contribution in [3.63, 3.8) is 0 Å². The van der Waals surface area contributed by atoms with Gasteiger partial charge in [0.2, 0.25) is 0 Å². The maximum Gasteiger partial charge on any atom is 0.307 e. The fourth-order valence-electron chi connectivity index (χ4n) is 4.40. The molecular weight excluding hydrogens is 324 g/mol. The Morgan fingerprint density at radius 3 is 2.79 bits per heavy atom. The van der Waals surface area contributed by atoms with Crippen molar-refractivity contribution in [2.75, 3.05) is 0 Å². The minimum atomic E-state index is -0.320.